The molecule has 0 aliphatic rings. The second-order valence-corrected chi connectivity index (χ2v) is 5.85. The number of rotatable bonds is 7. The van der Waals surface area contributed by atoms with Crippen LogP contribution in [-0.4, -0.2) is 24.9 Å². The van der Waals surface area contributed by atoms with E-state index in [4.69, 9.17) is 4.74 Å². The van der Waals surface area contributed by atoms with Gasteiger partial charge in [-0.15, -0.1) is 0 Å². The van der Waals surface area contributed by atoms with Crippen molar-refractivity contribution in [2.45, 2.75) is 13.8 Å². The summed E-state index contributed by atoms with van der Waals surface area (Å²) in [4.78, 5) is 11.5. The highest BCUT2D eigenvalue weighted by Crippen LogP contribution is 2.26. The van der Waals surface area contributed by atoms with Crippen LogP contribution < -0.4 is 5.32 Å². The summed E-state index contributed by atoms with van der Waals surface area (Å²) in [6, 6.07) is 9.70. The van der Waals surface area contributed by atoms with Crippen LogP contribution in [0.15, 0.2) is 33.8 Å². The van der Waals surface area contributed by atoms with Gasteiger partial charge in [-0.3, -0.25) is 4.79 Å². The largest absolute Gasteiger partial charge is 0.465 e. The lowest BCUT2D eigenvalue weighted by Crippen LogP contribution is -2.15. The molecule has 0 amide bonds. The molecule has 1 aromatic rings. The van der Waals surface area contributed by atoms with Crippen LogP contribution in [0, 0.1) is 11.3 Å². The highest BCUT2D eigenvalue weighted by molar-refractivity contribution is 9.10. The molecule has 0 spiro atoms. The highest BCUT2D eigenvalue weighted by Gasteiger charge is 2.12. The zero-order valence-corrected chi connectivity index (χ0v) is 14.4. The SMILES string of the molecule is CCN/C(SCC(=O)OCC)=C(/C#N)c1ccc(Br)cc1. The minimum atomic E-state index is -0.286. The van der Waals surface area contributed by atoms with Gasteiger partial charge in [-0.2, -0.15) is 5.26 Å². The lowest BCUT2D eigenvalue weighted by atomic mass is 10.1. The molecule has 0 saturated heterocycles. The number of halogens is 1. The Morgan fingerprint density at radius 1 is 1.38 bits per heavy atom. The van der Waals surface area contributed by atoms with Gasteiger partial charge in [0, 0.05) is 11.0 Å². The standard InChI is InChI=1S/C15H17BrN2O2S/c1-3-18-15(21-10-14(19)20-4-2)13(9-17)11-5-7-12(16)8-6-11/h5-8,18H,3-4,10H2,1-2H3/b15-13+. The van der Waals surface area contributed by atoms with E-state index in [0.717, 1.165) is 10.0 Å². The Balaban J connectivity index is 2.98. The summed E-state index contributed by atoms with van der Waals surface area (Å²) < 4.78 is 5.86. The molecule has 6 heteroatoms. The maximum absolute atomic E-state index is 11.5. The summed E-state index contributed by atoms with van der Waals surface area (Å²) in [5.74, 6) is -0.108. The van der Waals surface area contributed by atoms with Gasteiger partial charge >= 0.3 is 5.97 Å². The molecule has 0 aliphatic heterocycles. The maximum atomic E-state index is 11.5. The lowest BCUT2D eigenvalue weighted by Gasteiger charge is -2.11. The van der Waals surface area contributed by atoms with E-state index < -0.39 is 0 Å². The van der Waals surface area contributed by atoms with Crippen molar-refractivity contribution in [3.05, 3.63) is 39.3 Å². The van der Waals surface area contributed by atoms with Gasteiger partial charge in [-0.25, -0.2) is 0 Å². The summed E-state index contributed by atoms with van der Waals surface area (Å²) in [6.45, 7) is 4.75. The number of nitrogens with zero attached hydrogens (tertiary/aromatic N) is 1. The van der Waals surface area contributed by atoms with Crippen LogP contribution in [0.2, 0.25) is 0 Å². The Bertz CT molecular complexity index is 550. The van der Waals surface area contributed by atoms with Crippen molar-refractivity contribution in [2.75, 3.05) is 18.9 Å². The number of hydrogen-bond donors (Lipinski definition) is 1. The van der Waals surface area contributed by atoms with E-state index in [1.54, 1.807) is 6.92 Å². The third-order valence-electron chi connectivity index (χ3n) is 2.45. The summed E-state index contributed by atoms with van der Waals surface area (Å²) >= 11 is 4.66. The molecule has 0 fully saturated rings. The van der Waals surface area contributed by atoms with Crippen LogP contribution in [0.25, 0.3) is 5.57 Å². The van der Waals surface area contributed by atoms with Crippen molar-refractivity contribution in [3.63, 3.8) is 0 Å². The zero-order chi connectivity index (χ0) is 15.7. The van der Waals surface area contributed by atoms with Crippen molar-refractivity contribution in [3.8, 4) is 6.07 Å². The molecule has 112 valence electrons. The average molecular weight is 369 g/mol. The first-order chi connectivity index (χ1) is 10.1. The Morgan fingerprint density at radius 3 is 2.57 bits per heavy atom. The van der Waals surface area contributed by atoms with Crippen LogP contribution in [0.1, 0.15) is 19.4 Å². The molecule has 0 atom stereocenters. The molecule has 0 aromatic heterocycles. The second-order valence-electron chi connectivity index (χ2n) is 3.95. The molecule has 0 heterocycles. The van der Waals surface area contributed by atoms with E-state index in [1.165, 1.54) is 11.8 Å². The number of nitriles is 1. The number of esters is 1. The average Bonchev–Trinajstić information content (AvgIpc) is 2.47. The molecule has 1 aromatic carbocycles. The van der Waals surface area contributed by atoms with Gasteiger partial charge in [-0.05, 0) is 31.5 Å². The van der Waals surface area contributed by atoms with Crippen molar-refractivity contribution in [2.24, 2.45) is 0 Å². The molecule has 4 nitrogen and oxygen atoms in total. The summed E-state index contributed by atoms with van der Waals surface area (Å²) in [5.41, 5.74) is 1.34. The molecule has 1 N–H and O–H groups in total. The topological polar surface area (TPSA) is 62.1 Å². The fraction of sp³-hybridized carbons (Fsp3) is 0.333. The van der Waals surface area contributed by atoms with E-state index in [-0.39, 0.29) is 11.7 Å². The van der Waals surface area contributed by atoms with Crippen LogP contribution >= 0.6 is 27.7 Å². The van der Waals surface area contributed by atoms with Crippen molar-refractivity contribution < 1.29 is 9.53 Å². The van der Waals surface area contributed by atoms with Crippen molar-refractivity contribution >= 4 is 39.2 Å². The second kappa shape index (κ2) is 9.48. The van der Waals surface area contributed by atoms with Crippen LogP contribution in [0.3, 0.4) is 0 Å². The third kappa shape index (κ3) is 5.82. The first kappa shape index (κ1) is 17.6. The Hall–Kier alpha value is -1.45. The number of allylic oxidation sites excluding steroid dienone is 1. The number of nitrogens with one attached hydrogen (secondary N) is 1. The Kier molecular flexibility index (Phi) is 7.95. The van der Waals surface area contributed by atoms with E-state index in [9.17, 15) is 10.1 Å². The molecule has 0 unspecified atom stereocenters. The van der Waals surface area contributed by atoms with Gasteiger partial charge in [0.1, 0.15) is 6.07 Å². The predicted molar refractivity (Wildman–Crippen MR) is 89.4 cm³/mol. The predicted octanol–water partition coefficient (Wildman–Crippen LogP) is 3.55. The van der Waals surface area contributed by atoms with Gasteiger partial charge in [0.2, 0.25) is 0 Å². The number of ether oxygens (including phenoxy) is 1. The van der Waals surface area contributed by atoms with E-state index in [1.807, 2.05) is 31.2 Å². The summed E-state index contributed by atoms with van der Waals surface area (Å²) in [7, 11) is 0. The van der Waals surface area contributed by atoms with E-state index in [0.29, 0.717) is 23.8 Å². The van der Waals surface area contributed by atoms with E-state index in [2.05, 4.69) is 27.3 Å². The molecule has 0 aliphatic carbocycles. The number of carbonyl (C=O) groups excluding carboxylic acids is 1. The van der Waals surface area contributed by atoms with Gasteiger partial charge in [0.05, 0.1) is 23.0 Å². The van der Waals surface area contributed by atoms with Crippen LogP contribution in [-0.2, 0) is 9.53 Å². The third-order valence-corrected chi connectivity index (χ3v) is 3.99. The van der Waals surface area contributed by atoms with Gasteiger partial charge in [-0.1, -0.05) is 39.8 Å². The first-order valence-corrected chi connectivity index (χ1v) is 8.32. The number of thioether (sulfide) groups is 1. The zero-order valence-electron chi connectivity index (χ0n) is 12.0. The molecular formula is C15H17BrN2O2S. The smallest absolute Gasteiger partial charge is 0.316 e. The summed E-state index contributed by atoms with van der Waals surface area (Å²) in [6.07, 6.45) is 0. The van der Waals surface area contributed by atoms with Gasteiger partial charge in [0.15, 0.2) is 0 Å². The monoisotopic (exact) mass is 368 g/mol. The van der Waals surface area contributed by atoms with Crippen LogP contribution in [0.4, 0.5) is 0 Å². The quantitative estimate of drug-likeness (QED) is 0.588. The fourth-order valence-corrected chi connectivity index (χ4v) is 2.73. The van der Waals surface area contributed by atoms with Crippen molar-refractivity contribution in [1.29, 1.82) is 5.26 Å². The minimum Gasteiger partial charge on any atom is -0.465 e. The highest BCUT2D eigenvalue weighted by atomic mass is 79.9. The molecular weight excluding hydrogens is 352 g/mol. The number of benzene rings is 1. The molecule has 1 rings (SSSR count). The number of hydrogen-bond acceptors (Lipinski definition) is 5. The van der Waals surface area contributed by atoms with Gasteiger partial charge < -0.3 is 10.1 Å². The maximum Gasteiger partial charge on any atom is 0.316 e. The lowest BCUT2D eigenvalue weighted by molar-refractivity contribution is -0.139. The number of carbonyl (C=O) groups is 1. The molecule has 0 radical (unpaired) electrons. The molecule has 0 bridgehead atoms. The minimum absolute atomic E-state index is 0.178. The van der Waals surface area contributed by atoms with Crippen molar-refractivity contribution in [1.82, 2.24) is 5.32 Å². The fourth-order valence-electron chi connectivity index (χ4n) is 1.57. The van der Waals surface area contributed by atoms with Crippen LogP contribution in [0.5, 0.6) is 0 Å². The summed E-state index contributed by atoms with van der Waals surface area (Å²) in [5, 5.41) is 13.3. The molecule has 21 heavy (non-hydrogen) atoms. The Morgan fingerprint density at radius 2 is 2.05 bits per heavy atom. The molecule has 0 saturated carbocycles. The first-order valence-electron chi connectivity index (χ1n) is 6.54. The normalized spacial score (nSPS) is 11.3. The van der Waals surface area contributed by atoms with Gasteiger partial charge in [0.25, 0.3) is 0 Å². The van der Waals surface area contributed by atoms with E-state index >= 15 is 0 Å². The Labute approximate surface area is 137 Å².